The molecule has 21 nitrogen and oxygen atoms in total. The topological polar surface area (TPSA) is 236 Å². The normalized spacial score (nSPS) is 24.4. The van der Waals surface area contributed by atoms with Crippen molar-refractivity contribution in [2.75, 3.05) is 39.3 Å². The Labute approximate surface area is 403 Å². The Balaban J connectivity index is 0.000000189. The number of rotatable bonds is 11. The molecule has 8 rings (SSSR count). The third-order valence-corrected chi connectivity index (χ3v) is 12.2. The van der Waals surface area contributed by atoms with E-state index in [9.17, 15) is 28.8 Å². The fraction of sp³-hybridized carbons (Fsp3) is 0.625. The van der Waals surface area contributed by atoms with Gasteiger partial charge in [-0.2, -0.15) is 10.1 Å². The number of likely N-dealkylation sites (tertiary alicyclic amines) is 2. The Morgan fingerprint density at radius 3 is 1.51 bits per heavy atom. The number of aliphatic carboxylic acids is 1. The van der Waals surface area contributed by atoms with Crippen LogP contribution in [0.5, 0.6) is 0 Å². The maximum Gasteiger partial charge on any atom is 0.410 e. The number of hydroxylamine groups is 5. The fourth-order valence-electron chi connectivity index (χ4n) is 8.84. The molecule has 7 amide bonds. The number of carboxylic acids is 1. The van der Waals surface area contributed by atoms with Gasteiger partial charge in [0.2, 0.25) is 0 Å². The summed E-state index contributed by atoms with van der Waals surface area (Å²) in [5.41, 5.74) is 3.47. The van der Waals surface area contributed by atoms with E-state index in [0.29, 0.717) is 71.6 Å². The monoisotopic (exact) mass is 967 g/mol. The van der Waals surface area contributed by atoms with Crippen molar-refractivity contribution in [1.82, 2.24) is 35.2 Å². The number of urea groups is 2. The van der Waals surface area contributed by atoms with Crippen LogP contribution in [0.1, 0.15) is 104 Å². The van der Waals surface area contributed by atoms with E-state index in [2.05, 4.69) is 5.48 Å². The molecule has 6 fully saturated rings. The molecule has 6 aliphatic heterocycles. The molecule has 2 aromatic carbocycles. The third-order valence-electron chi connectivity index (χ3n) is 12.2. The average Bonchev–Trinajstić information content (AvgIpc) is 3.70. The Bertz CT molecular complexity index is 2050. The molecular formula is C48H70N8O13. The molecule has 0 aliphatic carbocycles. The Morgan fingerprint density at radius 2 is 1.06 bits per heavy atom. The van der Waals surface area contributed by atoms with Crippen molar-refractivity contribution in [1.29, 1.82) is 0 Å². The predicted octanol–water partition coefficient (Wildman–Crippen LogP) is 5.58. The summed E-state index contributed by atoms with van der Waals surface area (Å²) in [5, 5.41) is 11.9. The van der Waals surface area contributed by atoms with Gasteiger partial charge in [0.15, 0.2) is 0 Å². The third kappa shape index (κ3) is 14.9. The van der Waals surface area contributed by atoms with Gasteiger partial charge in [-0.05, 0) is 104 Å². The molecule has 380 valence electrons. The van der Waals surface area contributed by atoms with Crippen LogP contribution in [0.4, 0.5) is 19.2 Å². The first-order chi connectivity index (χ1) is 32.8. The number of nitrogens with two attached hydrogens (primary N) is 1. The largest absolute Gasteiger partial charge is 0.480 e. The number of nitrogens with one attached hydrogen (secondary N) is 1. The first kappa shape index (κ1) is 52.6. The number of carboxylic acid groups (broad SMARTS) is 1. The second kappa shape index (κ2) is 23.7. The number of fused-ring (bicyclic) bond motifs is 4. The van der Waals surface area contributed by atoms with E-state index in [1.54, 1.807) is 14.7 Å². The van der Waals surface area contributed by atoms with Crippen molar-refractivity contribution in [3.63, 3.8) is 0 Å². The molecule has 6 saturated heterocycles. The number of carbonyl (C=O) groups excluding carboxylic acids is 5. The van der Waals surface area contributed by atoms with Gasteiger partial charge >= 0.3 is 30.2 Å². The van der Waals surface area contributed by atoms with E-state index < -0.39 is 29.3 Å². The molecule has 0 radical (unpaired) electrons. The molecule has 0 aromatic heterocycles. The van der Waals surface area contributed by atoms with Crippen LogP contribution in [0, 0.1) is 0 Å². The van der Waals surface area contributed by atoms with E-state index in [-0.39, 0.29) is 54.4 Å². The predicted molar refractivity (Wildman–Crippen MR) is 248 cm³/mol. The van der Waals surface area contributed by atoms with Gasteiger partial charge < -0.3 is 34.2 Å². The summed E-state index contributed by atoms with van der Waals surface area (Å²) in [5.74, 6) is 3.82. The van der Waals surface area contributed by atoms with Crippen LogP contribution in [0.3, 0.4) is 0 Å². The van der Waals surface area contributed by atoms with Crippen molar-refractivity contribution in [2.24, 2.45) is 5.90 Å². The minimum Gasteiger partial charge on any atom is -0.480 e. The molecule has 0 spiro atoms. The van der Waals surface area contributed by atoms with Crippen LogP contribution in [0.15, 0.2) is 60.7 Å². The Kier molecular flexibility index (Phi) is 18.1. The zero-order valence-corrected chi connectivity index (χ0v) is 40.7. The lowest BCUT2D eigenvalue weighted by Crippen LogP contribution is -2.52. The summed E-state index contributed by atoms with van der Waals surface area (Å²) < 4.78 is 10.7. The van der Waals surface area contributed by atoms with Gasteiger partial charge in [-0.15, -0.1) is 0 Å². The van der Waals surface area contributed by atoms with Crippen LogP contribution in [-0.4, -0.2) is 158 Å². The number of hydrogen-bond acceptors (Lipinski definition) is 13. The van der Waals surface area contributed by atoms with Crippen LogP contribution in [0.2, 0.25) is 0 Å². The van der Waals surface area contributed by atoms with Crippen molar-refractivity contribution < 1.29 is 62.7 Å². The lowest BCUT2D eigenvalue weighted by Gasteiger charge is -2.34. The van der Waals surface area contributed by atoms with Crippen LogP contribution in [0.25, 0.3) is 0 Å². The minimum atomic E-state index is -0.943. The summed E-state index contributed by atoms with van der Waals surface area (Å²) in [4.78, 5) is 101. The molecule has 69 heavy (non-hydrogen) atoms. The fourth-order valence-corrected chi connectivity index (χ4v) is 8.84. The quantitative estimate of drug-likeness (QED) is 0.233. The van der Waals surface area contributed by atoms with E-state index in [0.717, 1.165) is 43.4 Å². The van der Waals surface area contributed by atoms with Gasteiger partial charge in [0.05, 0.1) is 31.3 Å². The maximum atomic E-state index is 12.9. The van der Waals surface area contributed by atoms with Crippen LogP contribution < -0.4 is 11.4 Å². The van der Waals surface area contributed by atoms with Gasteiger partial charge in [0.1, 0.15) is 42.6 Å². The second-order valence-electron chi connectivity index (χ2n) is 20.0. The van der Waals surface area contributed by atoms with Crippen molar-refractivity contribution in [3.05, 3.63) is 71.8 Å². The first-order valence-electron chi connectivity index (χ1n) is 23.8. The number of carbonyl (C=O) groups is 6. The smallest absolute Gasteiger partial charge is 0.410 e. The molecular weight excluding hydrogens is 897 g/mol. The number of hydrogen-bond donors (Lipinski definition) is 3. The minimum absolute atomic E-state index is 0.0400. The summed E-state index contributed by atoms with van der Waals surface area (Å²) in [6.07, 6.45) is 4.55. The molecule has 0 saturated carbocycles. The van der Waals surface area contributed by atoms with Gasteiger partial charge in [0, 0.05) is 26.2 Å². The van der Waals surface area contributed by atoms with E-state index in [4.69, 9.17) is 39.8 Å². The Morgan fingerprint density at radius 1 is 0.623 bits per heavy atom. The number of piperidine rings is 4. The number of benzene rings is 2. The van der Waals surface area contributed by atoms with Gasteiger partial charge in [-0.3, -0.25) is 24.1 Å². The number of ether oxygens (including phenoxy) is 2. The zero-order valence-electron chi connectivity index (χ0n) is 40.7. The van der Waals surface area contributed by atoms with E-state index in [1.807, 2.05) is 102 Å². The number of nitrogens with zero attached hydrogens (tertiary/aromatic N) is 6. The van der Waals surface area contributed by atoms with Gasteiger partial charge in [-0.25, -0.2) is 35.3 Å². The molecule has 2 aromatic rings. The van der Waals surface area contributed by atoms with Crippen molar-refractivity contribution in [2.45, 2.75) is 154 Å². The van der Waals surface area contributed by atoms with Crippen LogP contribution >= 0.6 is 0 Å². The maximum absolute atomic E-state index is 12.9. The lowest BCUT2D eigenvalue weighted by molar-refractivity contribution is -0.146. The molecule has 0 unspecified atom stereocenters. The lowest BCUT2D eigenvalue weighted by atomic mass is 10.0. The van der Waals surface area contributed by atoms with Gasteiger partial charge in [0.25, 0.3) is 5.91 Å². The summed E-state index contributed by atoms with van der Waals surface area (Å²) in [6, 6.07) is 17.2. The summed E-state index contributed by atoms with van der Waals surface area (Å²) in [7, 11) is 0. The van der Waals surface area contributed by atoms with Crippen molar-refractivity contribution in [3.8, 4) is 0 Å². The first-order valence-corrected chi connectivity index (χ1v) is 23.8. The molecule has 6 aliphatic rings. The molecule has 6 heterocycles. The highest BCUT2D eigenvalue weighted by Gasteiger charge is 2.49. The zero-order chi connectivity index (χ0) is 49.9. The second-order valence-corrected chi connectivity index (χ2v) is 20.0. The summed E-state index contributed by atoms with van der Waals surface area (Å²) in [6.45, 7) is 14.7. The van der Waals surface area contributed by atoms with E-state index >= 15 is 0 Å². The Hall–Kier alpha value is -5.74. The van der Waals surface area contributed by atoms with E-state index in [1.165, 1.54) is 15.0 Å². The highest BCUT2D eigenvalue weighted by Crippen LogP contribution is 2.32. The van der Waals surface area contributed by atoms with Gasteiger partial charge in [-0.1, -0.05) is 60.7 Å². The highest BCUT2D eigenvalue weighted by molar-refractivity contribution is 5.88. The average molecular weight is 967 g/mol. The summed E-state index contributed by atoms with van der Waals surface area (Å²) >= 11 is 0. The highest BCUT2D eigenvalue weighted by atomic mass is 16.7. The molecule has 4 N–H and O–H groups in total. The van der Waals surface area contributed by atoms with Crippen LogP contribution in [-0.2, 0) is 51.6 Å². The van der Waals surface area contributed by atoms with Crippen molar-refractivity contribution >= 4 is 36.1 Å². The standard InChI is InChI=1S/C24H34N4O6.C14H16N2O4.C10H20N2O3/c1-24(2,3)33-23(31)26-13-7-10-19(15-26)34-25-21(29)20-12-11-18-14-27(20)22(30)28(18)32-16-17-8-5-4-6-9-17;17-13(18)12-7-6-11-8-15(12)14(19)16(11)20-9-10-4-2-1-3-5-10;1-10(2,3)14-9(13)12-6-4-5-8(7-12)15-11/h4-6,8-9,18-20H,7,10-16H2,1-3H3,(H,25,29);1-5,11-12H,6-9H2,(H,17,18);8H,4-7,11H2,1-3H3/t18-,19-,20+;11-,12+;8-/m111/s1. The molecule has 6 atom stereocenters. The molecule has 21 heteroatoms. The number of amides is 7. The SMILES string of the molecule is CC(C)(C)OC(=O)N1CCC[C@@H](ON)C1.CC(C)(C)OC(=O)N1CCC[C@@H](ONC(=O)[C@@H]2CC[C@@H]3CN2C(=O)N3OCc2ccccc2)C1.O=C(O)[C@@H]1CC[C@@H]2CN1C(=O)N2OCc1ccccc1. The molecule has 4 bridgehead atoms.